The summed E-state index contributed by atoms with van der Waals surface area (Å²) in [4.78, 5) is 44.6. The predicted molar refractivity (Wildman–Crippen MR) is 130 cm³/mol. The maximum Gasteiger partial charge on any atom is 0.240 e. The van der Waals surface area contributed by atoms with Crippen LogP contribution in [0.2, 0.25) is 5.02 Å². The summed E-state index contributed by atoms with van der Waals surface area (Å²) in [6.07, 6.45) is 2.06. The van der Waals surface area contributed by atoms with E-state index in [1.165, 1.54) is 4.90 Å². The number of rotatable bonds is 2. The van der Waals surface area contributed by atoms with Crippen LogP contribution in [-0.2, 0) is 14.4 Å². The number of carbonyl (C=O) groups is 3. The number of aryl methyl sites for hydroxylation is 1. The van der Waals surface area contributed by atoms with Gasteiger partial charge in [-0.1, -0.05) is 50.1 Å². The van der Waals surface area contributed by atoms with Gasteiger partial charge in [-0.25, -0.2) is 4.90 Å². The summed E-state index contributed by atoms with van der Waals surface area (Å²) in [5.74, 6) is -1.95. The first kappa shape index (κ1) is 21.9. The highest BCUT2D eigenvalue weighted by molar-refractivity contribution is 6.31. The van der Waals surface area contributed by atoms with Crippen molar-refractivity contribution in [2.75, 3.05) is 9.80 Å². The Hall–Kier alpha value is -2.92. The van der Waals surface area contributed by atoms with Crippen LogP contribution in [0.25, 0.3) is 5.57 Å². The number of amides is 2. The number of Topliss-reactive ketones (excluding diaryl/α,β-unsaturated/α-hetero) is 1. The Morgan fingerprint density at radius 3 is 2.21 bits per heavy atom. The van der Waals surface area contributed by atoms with Gasteiger partial charge < -0.3 is 4.90 Å². The number of hydrogen-bond acceptors (Lipinski definition) is 4. The van der Waals surface area contributed by atoms with E-state index in [9.17, 15) is 14.4 Å². The van der Waals surface area contributed by atoms with E-state index in [1.54, 1.807) is 24.3 Å². The monoisotopic (exact) mass is 462 g/mol. The quantitative estimate of drug-likeness (QED) is 0.586. The Balaban J connectivity index is 1.68. The molecule has 3 aliphatic heterocycles. The number of ketones is 1. The molecule has 3 heterocycles. The third kappa shape index (κ3) is 3.17. The Bertz CT molecular complexity index is 1220. The molecule has 0 aromatic heterocycles. The Morgan fingerprint density at radius 1 is 0.939 bits per heavy atom. The highest BCUT2D eigenvalue weighted by Crippen LogP contribution is 2.51. The molecule has 2 aromatic rings. The Kier molecular flexibility index (Phi) is 4.84. The highest BCUT2D eigenvalue weighted by Gasteiger charge is 2.65. The molecule has 2 fully saturated rings. The van der Waals surface area contributed by atoms with E-state index in [1.807, 2.05) is 51.7 Å². The lowest BCUT2D eigenvalue weighted by Gasteiger charge is -2.39. The second kappa shape index (κ2) is 7.29. The van der Waals surface area contributed by atoms with Gasteiger partial charge in [0.1, 0.15) is 6.04 Å². The van der Waals surface area contributed by atoms with Crippen LogP contribution in [0.1, 0.15) is 38.8 Å². The molecule has 2 aromatic carbocycles. The van der Waals surface area contributed by atoms with Gasteiger partial charge in [0, 0.05) is 21.7 Å². The fourth-order valence-electron chi connectivity index (χ4n) is 5.54. The van der Waals surface area contributed by atoms with Gasteiger partial charge in [-0.15, -0.1) is 0 Å². The maximum atomic E-state index is 13.8. The Labute approximate surface area is 199 Å². The van der Waals surface area contributed by atoms with Gasteiger partial charge in [-0.05, 0) is 55.8 Å². The maximum absolute atomic E-state index is 13.8. The van der Waals surface area contributed by atoms with Crippen LogP contribution < -0.4 is 9.80 Å². The topological polar surface area (TPSA) is 57.7 Å². The van der Waals surface area contributed by atoms with Gasteiger partial charge in [0.25, 0.3) is 0 Å². The first-order valence-corrected chi connectivity index (χ1v) is 11.6. The summed E-state index contributed by atoms with van der Waals surface area (Å²) in [6, 6.07) is 11.8. The molecule has 33 heavy (non-hydrogen) atoms. The number of imide groups is 1. The first-order valence-electron chi connectivity index (χ1n) is 11.3. The smallest absolute Gasteiger partial charge is 0.240 e. The minimum Gasteiger partial charge on any atom is -0.353 e. The normalized spacial score (nSPS) is 26.2. The third-order valence-corrected chi connectivity index (χ3v) is 7.35. The fraction of sp³-hybridized carbons (Fsp3) is 0.370. The molecular weight excluding hydrogens is 436 g/mol. The van der Waals surface area contributed by atoms with E-state index in [-0.39, 0.29) is 23.6 Å². The van der Waals surface area contributed by atoms with Crippen LogP contribution in [0.5, 0.6) is 0 Å². The average molecular weight is 463 g/mol. The molecule has 6 heteroatoms. The highest BCUT2D eigenvalue weighted by atomic mass is 35.5. The zero-order chi connectivity index (χ0) is 23.8. The van der Waals surface area contributed by atoms with Crippen molar-refractivity contribution in [2.45, 2.75) is 46.7 Å². The fourth-order valence-corrected chi connectivity index (χ4v) is 5.67. The standard InChI is InChI=1S/C27H27ClN2O3/c1-14-6-11-19-18(12-14)15(2)13-20-21-22(23(30(19)20)24(31)27(3,4)5)26(33)29(25(21)32)17-9-7-16(28)8-10-17/h6-13,20-23H,1-5H3/t20-,21+,22+,23-/m1/s1. The van der Waals surface area contributed by atoms with Gasteiger partial charge in [0.05, 0.1) is 23.6 Å². The van der Waals surface area contributed by atoms with E-state index in [0.29, 0.717) is 10.7 Å². The lowest BCUT2D eigenvalue weighted by Crippen LogP contribution is -2.51. The van der Waals surface area contributed by atoms with Crippen molar-refractivity contribution in [3.8, 4) is 0 Å². The lowest BCUT2D eigenvalue weighted by molar-refractivity contribution is -0.132. The van der Waals surface area contributed by atoms with E-state index >= 15 is 0 Å². The van der Waals surface area contributed by atoms with Crippen molar-refractivity contribution in [1.29, 1.82) is 0 Å². The molecule has 0 bridgehead atoms. The summed E-state index contributed by atoms with van der Waals surface area (Å²) < 4.78 is 0. The second-order valence-electron chi connectivity index (χ2n) is 10.4. The molecule has 0 radical (unpaired) electrons. The number of hydrogen-bond donors (Lipinski definition) is 0. The van der Waals surface area contributed by atoms with Crippen LogP contribution in [0.3, 0.4) is 0 Å². The number of benzene rings is 2. The lowest BCUT2D eigenvalue weighted by atomic mass is 9.79. The van der Waals surface area contributed by atoms with Crippen molar-refractivity contribution in [3.05, 3.63) is 64.7 Å². The zero-order valence-electron chi connectivity index (χ0n) is 19.4. The molecule has 2 amide bonds. The zero-order valence-corrected chi connectivity index (χ0v) is 20.2. The molecule has 4 atom stereocenters. The van der Waals surface area contributed by atoms with E-state index in [2.05, 4.69) is 12.1 Å². The minimum atomic E-state index is -0.735. The van der Waals surface area contributed by atoms with E-state index in [4.69, 9.17) is 11.6 Å². The summed E-state index contributed by atoms with van der Waals surface area (Å²) in [5.41, 5.74) is 3.97. The van der Waals surface area contributed by atoms with Gasteiger partial charge in [0.2, 0.25) is 11.8 Å². The largest absolute Gasteiger partial charge is 0.353 e. The van der Waals surface area contributed by atoms with Crippen LogP contribution >= 0.6 is 11.6 Å². The predicted octanol–water partition coefficient (Wildman–Crippen LogP) is 5.04. The van der Waals surface area contributed by atoms with Crippen molar-refractivity contribution < 1.29 is 14.4 Å². The molecule has 0 unspecified atom stereocenters. The summed E-state index contributed by atoms with van der Waals surface area (Å²) in [5, 5.41) is 0.530. The Morgan fingerprint density at radius 2 is 1.58 bits per heavy atom. The molecular formula is C27H27ClN2O3. The van der Waals surface area contributed by atoms with Crippen LogP contribution in [-0.4, -0.2) is 29.7 Å². The molecule has 3 aliphatic rings. The molecule has 2 saturated heterocycles. The van der Waals surface area contributed by atoms with Crippen LogP contribution in [0.4, 0.5) is 11.4 Å². The summed E-state index contributed by atoms with van der Waals surface area (Å²) >= 11 is 6.02. The number of nitrogens with zero attached hydrogens (tertiary/aromatic N) is 2. The molecule has 5 nitrogen and oxygen atoms in total. The molecule has 0 spiro atoms. The van der Waals surface area contributed by atoms with Crippen LogP contribution in [0, 0.1) is 24.2 Å². The summed E-state index contributed by atoms with van der Waals surface area (Å²) in [6.45, 7) is 9.68. The van der Waals surface area contributed by atoms with Gasteiger partial charge in [-0.2, -0.15) is 0 Å². The number of fused-ring (bicyclic) bond motifs is 5. The molecule has 0 saturated carbocycles. The van der Waals surface area contributed by atoms with Crippen molar-refractivity contribution in [3.63, 3.8) is 0 Å². The SMILES string of the molecule is CC1=C[C@@H]2[C@@H]3C(=O)N(c4ccc(Cl)cc4)C(=O)[C@@H]3[C@H](C(=O)C(C)(C)C)N2c2ccc(C)cc21. The van der Waals surface area contributed by atoms with E-state index < -0.39 is 23.3 Å². The number of anilines is 2. The van der Waals surface area contributed by atoms with Crippen molar-refractivity contribution >= 4 is 46.1 Å². The number of allylic oxidation sites excluding steroid dienone is 1. The van der Waals surface area contributed by atoms with E-state index in [0.717, 1.165) is 22.4 Å². The third-order valence-electron chi connectivity index (χ3n) is 7.10. The van der Waals surface area contributed by atoms with Crippen molar-refractivity contribution in [1.82, 2.24) is 0 Å². The molecule has 5 rings (SSSR count). The molecule has 170 valence electrons. The number of halogens is 1. The minimum absolute atomic E-state index is 0.0291. The second-order valence-corrected chi connectivity index (χ2v) is 10.8. The van der Waals surface area contributed by atoms with Gasteiger partial charge >= 0.3 is 0 Å². The van der Waals surface area contributed by atoms with Crippen LogP contribution in [0.15, 0.2) is 48.5 Å². The molecule has 0 N–H and O–H groups in total. The van der Waals surface area contributed by atoms with Gasteiger partial charge in [0.15, 0.2) is 5.78 Å². The summed E-state index contributed by atoms with van der Waals surface area (Å²) in [7, 11) is 0. The number of carbonyl (C=O) groups excluding carboxylic acids is 3. The van der Waals surface area contributed by atoms with Crippen molar-refractivity contribution in [2.24, 2.45) is 17.3 Å². The average Bonchev–Trinajstić information content (AvgIpc) is 3.21. The first-order chi connectivity index (χ1) is 15.5. The van der Waals surface area contributed by atoms with Gasteiger partial charge in [-0.3, -0.25) is 14.4 Å². The molecule has 0 aliphatic carbocycles.